The molecule has 5 nitrogen and oxygen atoms in total. The van der Waals surface area contributed by atoms with Crippen molar-refractivity contribution in [2.24, 2.45) is 5.92 Å². The van der Waals surface area contributed by atoms with Gasteiger partial charge < -0.3 is 15.2 Å². The molecule has 0 unspecified atom stereocenters. The maximum Gasteiger partial charge on any atom is 0.307 e. The SMILES string of the molecule is CCCCCCCCC[C@H](CC(=O)OC(C)(C)C)C(=O)N[C@H](CO)Cc1cccs1. The molecule has 1 aromatic heterocycles. The molecule has 0 aliphatic rings. The van der Waals surface area contributed by atoms with Crippen LogP contribution in [-0.4, -0.2) is 35.2 Å². The van der Waals surface area contributed by atoms with Gasteiger partial charge in [-0.25, -0.2) is 0 Å². The third kappa shape index (κ3) is 12.3. The Bertz CT molecular complexity index is 595. The summed E-state index contributed by atoms with van der Waals surface area (Å²) in [5, 5.41) is 14.6. The molecule has 0 radical (unpaired) electrons. The molecule has 0 spiro atoms. The topological polar surface area (TPSA) is 75.6 Å². The van der Waals surface area contributed by atoms with Crippen molar-refractivity contribution < 1.29 is 19.4 Å². The third-order valence-corrected chi connectivity index (χ3v) is 5.85. The molecule has 2 N–H and O–H groups in total. The van der Waals surface area contributed by atoms with Gasteiger partial charge in [-0.15, -0.1) is 11.3 Å². The molecule has 0 aliphatic carbocycles. The summed E-state index contributed by atoms with van der Waals surface area (Å²) in [5.74, 6) is -0.931. The number of nitrogens with one attached hydrogen (secondary N) is 1. The zero-order chi connectivity index (χ0) is 22.4. The molecule has 6 heteroatoms. The summed E-state index contributed by atoms with van der Waals surface area (Å²) in [6.07, 6.45) is 9.48. The van der Waals surface area contributed by atoms with E-state index in [2.05, 4.69) is 12.2 Å². The second-order valence-electron chi connectivity index (χ2n) is 9.07. The van der Waals surface area contributed by atoms with Crippen LogP contribution in [-0.2, 0) is 20.7 Å². The number of hydrogen-bond acceptors (Lipinski definition) is 5. The van der Waals surface area contributed by atoms with Crippen LogP contribution < -0.4 is 5.32 Å². The summed E-state index contributed by atoms with van der Waals surface area (Å²) in [4.78, 5) is 26.4. The number of carbonyl (C=O) groups is 2. The van der Waals surface area contributed by atoms with E-state index in [1.807, 2.05) is 38.3 Å². The van der Waals surface area contributed by atoms with Gasteiger partial charge in [-0.2, -0.15) is 0 Å². The van der Waals surface area contributed by atoms with Crippen molar-refractivity contribution in [1.29, 1.82) is 0 Å². The highest BCUT2D eigenvalue weighted by Gasteiger charge is 2.26. The molecule has 0 saturated carbocycles. The molecule has 0 aromatic carbocycles. The second-order valence-corrected chi connectivity index (χ2v) is 10.1. The minimum Gasteiger partial charge on any atom is -0.460 e. The molecule has 0 saturated heterocycles. The normalized spacial score (nSPS) is 13.6. The van der Waals surface area contributed by atoms with Crippen molar-refractivity contribution in [2.45, 2.75) is 104 Å². The highest BCUT2D eigenvalue weighted by Crippen LogP contribution is 2.20. The van der Waals surface area contributed by atoms with Gasteiger partial charge in [0.25, 0.3) is 0 Å². The fraction of sp³-hybridized carbons (Fsp3) is 0.750. The van der Waals surface area contributed by atoms with Crippen molar-refractivity contribution in [3.8, 4) is 0 Å². The van der Waals surface area contributed by atoms with E-state index in [1.165, 1.54) is 32.1 Å². The Morgan fingerprint density at radius 2 is 1.80 bits per heavy atom. The molecular weight excluding hydrogens is 398 g/mol. The molecule has 1 rings (SSSR count). The van der Waals surface area contributed by atoms with Crippen LogP contribution in [0.15, 0.2) is 17.5 Å². The lowest BCUT2D eigenvalue weighted by Gasteiger charge is -2.24. The number of ether oxygens (including phenoxy) is 1. The van der Waals surface area contributed by atoms with Crippen LogP contribution in [0.3, 0.4) is 0 Å². The summed E-state index contributed by atoms with van der Waals surface area (Å²) >= 11 is 1.61. The zero-order valence-electron chi connectivity index (χ0n) is 19.2. The average molecular weight is 440 g/mol. The largest absolute Gasteiger partial charge is 0.460 e. The summed E-state index contributed by atoms with van der Waals surface area (Å²) in [5.41, 5.74) is -0.565. The quantitative estimate of drug-likeness (QED) is 0.289. The highest BCUT2D eigenvalue weighted by molar-refractivity contribution is 7.09. The van der Waals surface area contributed by atoms with Crippen LogP contribution in [0.4, 0.5) is 0 Å². The van der Waals surface area contributed by atoms with Gasteiger partial charge in [-0.1, -0.05) is 57.9 Å². The van der Waals surface area contributed by atoms with E-state index < -0.39 is 11.5 Å². The molecule has 1 aromatic rings. The van der Waals surface area contributed by atoms with Gasteiger partial charge in [0, 0.05) is 17.2 Å². The number of thiophene rings is 1. The molecule has 2 atom stereocenters. The first-order valence-electron chi connectivity index (χ1n) is 11.4. The molecular formula is C24H41NO4S. The zero-order valence-corrected chi connectivity index (χ0v) is 20.1. The smallest absolute Gasteiger partial charge is 0.307 e. The lowest BCUT2D eigenvalue weighted by molar-refractivity contribution is -0.157. The van der Waals surface area contributed by atoms with Crippen molar-refractivity contribution in [2.75, 3.05) is 6.61 Å². The fourth-order valence-corrected chi connectivity index (χ4v) is 4.20. The van der Waals surface area contributed by atoms with Crippen molar-refractivity contribution >= 4 is 23.2 Å². The van der Waals surface area contributed by atoms with E-state index in [9.17, 15) is 14.7 Å². The number of hydrogen-bond donors (Lipinski definition) is 2. The van der Waals surface area contributed by atoms with Crippen LogP contribution in [0.2, 0.25) is 0 Å². The van der Waals surface area contributed by atoms with Crippen molar-refractivity contribution in [1.82, 2.24) is 5.32 Å². The second kappa shape index (κ2) is 14.6. The lowest BCUT2D eigenvalue weighted by atomic mass is 9.95. The number of rotatable bonds is 15. The number of esters is 1. The first-order valence-corrected chi connectivity index (χ1v) is 12.3. The molecule has 0 bridgehead atoms. The third-order valence-electron chi connectivity index (χ3n) is 4.95. The van der Waals surface area contributed by atoms with Gasteiger partial charge in [0.1, 0.15) is 5.60 Å². The van der Waals surface area contributed by atoms with E-state index in [0.717, 1.165) is 17.7 Å². The van der Waals surface area contributed by atoms with E-state index in [-0.39, 0.29) is 30.9 Å². The first kappa shape index (κ1) is 26.6. The summed E-state index contributed by atoms with van der Waals surface area (Å²) in [6.45, 7) is 7.58. The highest BCUT2D eigenvalue weighted by atomic mass is 32.1. The van der Waals surface area contributed by atoms with Crippen LogP contribution >= 0.6 is 11.3 Å². The van der Waals surface area contributed by atoms with Gasteiger partial charge in [-0.05, 0) is 38.6 Å². The van der Waals surface area contributed by atoms with Gasteiger partial charge in [0.05, 0.1) is 19.1 Å². The Labute approximate surface area is 186 Å². The maximum atomic E-state index is 12.9. The van der Waals surface area contributed by atoms with Crippen molar-refractivity contribution in [3.05, 3.63) is 22.4 Å². The Balaban J connectivity index is 2.60. The number of aliphatic hydroxyl groups excluding tert-OH is 1. The predicted molar refractivity (Wildman–Crippen MR) is 124 cm³/mol. The Morgan fingerprint density at radius 1 is 1.13 bits per heavy atom. The van der Waals surface area contributed by atoms with Crippen molar-refractivity contribution in [3.63, 3.8) is 0 Å². The first-order chi connectivity index (χ1) is 14.2. The van der Waals surface area contributed by atoms with E-state index in [1.54, 1.807) is 11.3 Å². The Kier molecular flexibility index (Phi) is 12.9. The van der Waals surface area contributed by atoms with Crippen LogP contribution in [0.1, 0.15) is 90.4 Å². The summed E-state index contributed by atoms with van der Waals surface area (Å²) in [6, 6.07) is 3.62. The van der Waals surface area contributed by atoms with Crippen LogP contribution in [0.5, 0.6) is 0 Å². The van der Waals surface area contributed by atoms with Crippen LogP contribution in [0.25, 0.3) is 0 Å². The van der Waals surface area contributed by atoms with Gasteiger partial charge in [0.2, 0.25) is 5.91 Å². The van der Waals surface area contributed by atoms with E-state index >= 15 is 0 Å². The maximum absolute atomic E-state index is 12.9. The number of aliphatic hydroxyl groups is 1. The molecule has 1 amide bonds. The molecule has 30 heavy (non-hydrogen) atoms. The minimum absolute atomic E-state index is 0.0795. The molecule has 172 valence electrons. The predicted octanol–water partition coefficient (Wildman–Crippen LogP) is 5.26. The van der Waals surface area contributed by atoms with E-state index in [0.29, 0.717) is 12.8 Å². The Morgan fingerprint density at radius 3 is 2.37 bits per heavy atom. The van der Waals surface area contributed by atoms with E-state index in [4.69, 9.17) is 4.74 Å². The number of carbonyl (C=O) groups excluding carboxylic acids is 2. The summed E-state index contributed by atoms with van der Waals surface area (Å²) < 4.78 is 5.44. The Hall–Kier alpha value is -1.40. The van der Waals surface area contributed by atoms with Gasteiger partial charge in [0.15, 0.2) is 0 Å². The average Bonchev–Trinajstić information content (AvgIpc) is 3.17. The summed E-state index contributed by atoms with van der Waals surface area (Å²) in [7, 11) is 0. The monoisotopic (exact) mass is 439 g/mol. The standard InChI is InChI=1S/C24H41NO4S/c1-5-6-7-8-9-10-11-13-19(16-22(27)29-24(2,3)4)23(28)25-20(18-26)17-21-14-12-15-30-21/h12,14-15,19-20,26H,5-11,13,16-18H2,1-4H3,(H,25,28)/t19-,20+/m1/s1. The van der Waals surface area contributed by atoms with Gasteiger partial charge in [-0.3, -0.25) is 9.59 Å². The molecule has 0 aliphatic heterocycles. The number of amides is 1. The lowest BCUT2D eigenvalue weighted by Crippen LogP contribution is -2.43. The fourth-order valence-electron chi connectivity index (χ4n) is 3.41. The van der Waals surface area contributed by atoms with Gasteiger partial charge >= 0.3 is 5.97 Å². The molecule has 1 heterocycles. The molecule has 0 fully saturated rings. The minimum atomic E-state index is -0.565. The van der Waals surface area contributed by atoms with Crippen LogP contribution in [0, 0.1) is 5.92 Å². The number of unbranched alkanes of at least 4 members (excludes halogenated alkanes) is 6.